The summed E-state index contributed by atoms with van der Waals surface area (Å²) in [5, 5.41) is 11.8. The van der Waals surface area contributed by atoms with Crippen molar-refractivity contribution in [2.24, 2.45) is 7.05 Å². The minimum absolute atomic E-state index is 0.137. The molecule has 0 bridgehead atoms. The van der Waals surface area contributed by atoms with Crippen molar-refractivity contribution < 1.29 is 9.32 Å². The second-order valence-corrected chi connectivity index (χ2v) is 8.49. The van der Waals surface area contributed by atoms with Crippen molar-refractivity contribution in [2.75, 3.05) is 23.7 Å². The lowest BCUT2D eigenvalue weighted by Crippen LogP contribution is -2.37. The molecule has 1 saturated heterocycles. The number of hydrogen-bond donors (Lipinski definition) is 2. The molecule has 4 aromatic rings. The molecule has 11 nitrogen and oxygen atoms in total. The molecule has 0 spiro atoms. The smallest absolute Gasteiger partial charge is 0.350 e. The number of nitrogens with zero attached hydrogens (tertiary/aromatic N) is 6. The quantitative estimate of drug-likeness (QED) is 0.444. The molecule has 1 aromatic carbocycles. The van der Waals surface area contributed by atoms with Crippen LogP contribution in [0.4, 0.5) is 11.6 Å². The molecule has 5 rings (SSSR count). The van der Waals surface area contributed by atoms with Gasteiger partial charge in [-0.25, -0.2) is 19.0 Å². The number of nitrogens with one attached hydrogen (secondary N) is 1. The number of fused-ring (bicyclic) bond motifs is 1. The summed E-state index contributed by atoms with van der Waals surface area (Å²) in [6, 6.07) is 4.65. The number of pyridine rings is 1. The third kappa shape index (κ3) is 3.68. The number of rotatable bonds is 4. The average molecular weight is 489 g/mol. The summed E-state index contributed by atoms with van der Waals surface area (Å²) in [5.41, 5.74) is 6.78. The highest BCUT2D eigenvalue weighted by Gasteiger charge is 2.29. The van der Waals surface area contributed by atoms with E-state index in [4.69, 9.17) is 33.5 Å². The molecular formula is C20H18Cl2N8O3. The van der Waals surface area contributed by atoms with Crippen molar-refractivity contribution in [2.45, 2.75) is 12.5 Å². The zero-order valence-electron chi connectivity index (χ0n) is 17.3. The van der Waals surface area contributed by atoms with Crippen LogP contribution in [0.5, 0.6) is 0 Å². The molecule has 0 aliphatic carbocycles. The number of aromatic nitrogens is 5. The Labute approximate surface area is 196 Å². The van der Waals surface area contributed by atoms with Crippen LogP contribution in [0.25, 0.3) is 16.7 Å². The van der Waals surface area contributed by atoms with E-state index >= 15 is 0 Å². The fourth-order valence-electron chi connectivity index (χ4n) is 3.88. The van der Waals surface area contributed by atoms with Gasteiger partial charge in [-0.1, -0.05) is 28.4 Å². The molecule has 0 radical (unpaired) electrons. The number of carbonyl (C=O) groups excluding carboxylic acids is 1. The monoisotopic (exact) mass is 488 g/mol. The molecule has 1 atom stereocenters. The molecule has 13 heteroatoms. The first-order chi connectivity index (χ1) is 15.8. The van der Waals surface area contributed by atoms with Gasteiger partial charge < -0.3 is 20.5 Å². The van der Waals surface area contributed by atoms with E-state index in [1.54, 1.807) is 25.2 Å². The van der Waals surface area contributed by atoms with E-state index in [0.29, 0.717) is 52.6 Å². The van der Waals surface area contributed by atoms with E-state index < -0.39 is 0 Å². The number of aryl methyl sites for hydroxylation is 1. The van der Waals surface area contributed by atoms with Crippen LogP contribution in [-0.2, 0) is 7.05 Å². The molecule has 1 aliphatic heterocycles. The number of nitrogens with two attached hydrogens (primary N) is 1. The normalized spacial score (nSPS) is 16.0. The summed E-state index contributed by atoms with van der Waals surface area (Å²) in [7, 11) is 1.55. The van der Waals surface area contributed by atoms with Gasteiger partial charge in [-0.3, -0.25) is 4.79 Å². The maximum Gasteiger partial charge on any atom is 0.350 e. The predicted octanol–water partition coefficient (Wildman–Crippen LogP) is 2.00. The summed E-state index contributed by atoms with van der Waals surface area (Å²) in [6.45, 7) is 1.16. The summed E-state index contributed by atoms with van der Waals surface area (Å²) in [5.74, 6) is 0.462. The Kier molecular flexibility index (Phi) is 5.22. The molecule has 170 valence electrons. The first kappa shape index (κ1) is 21.3. The van der Waals surface area contributed by atoms with Crippen LogP contribution >= 0.6 is 23.2 Å². The minimum Gasteiger partial charge on any atom is -0.380 e. The topological polar surface area (TPSA) is 137 Å². The van der Waals surface area contributed by atoms with Crippen LogP contribution in [0.3, 0.4) is 0 Å². The number of benzene rings is 1. The van der Waals surface area contributed by atoms with E-state index in [1.165, 1.54) is 21.8 Å². The third-order valence-corrected chi connectivity index (χ3v) is 6.18. The van der Waals surface area contributed by atoms with Gasteiger partial charge in [0.05, 0.1) is 26.7 Å². The standard InChI is InChI=1S/C20H18Cl2N8O3/c1-28-20(32)30(9-25-28)11-2-3-12(13(21)6-11)19(31)26-10-4-5-29(8-10)18-16-15(14(22)7-24-18)17(23)27-33-16/h2-3,6-7,9-10H,4-5,8H2,1H3,(H2,23,27)(H,26,31). The van der Waals surface area contributed by atoms with E-state index in [0.717, 1.165) is 0 Å². The van der Waals surface area contributed by atoms with E-state index in [9.17, 15) is 9.59 Å². The first-order valence-corrected chi connectivity index (χ1v) is 10.7. The zero-order chi connectivity index (χ0) is 23.3. The molecule has 3 N–H and O–H groups in total. The number of hydrogen-bond acceptors (Lipinski definition) is 8. The maximum atomic E-state index is 12.9. The van der Waals surface area contributed by atoms with Crippen molar-refractivity contribution in [1.82, 2.24) is 29.8 Å². The van der Waals surface area contributed by atoms with Crippen LogP contribution in [-0.4, -0.2) is 49.5 Å². The van der Waals surface area contributed by atoms with Crippen LogP contribution < -0.4 is 21.6 Å². The van der Waals surface area contributed by atoms with Crippen LogP contribution in [0.1, 0.15) is 16.8 Å². The average Bonchev–Trinajstić information content (AvgIpc) is 3.49. The fraction of sp³-hybridized carbons (Fsp3) is 0.250. The van der Waals surface area contributed by atoms with Gasteiger partial charge in [0, 0.05) is 32.4 Å². The fourth-order valence-corrected chi connectivity index (χ4v) is 4.38. The van der Waals surface area contributed by atoms with Crippen molar-refractivity contribution in [1.29, 1.82) is 0 Å². The number of anilines is 2. The summed E-state index contributed by atoms with van der Waals surface area (Å²) in [6.07, 6.45) is 3.60. The van der Waals surface area contributed by atoms with Crippen LogP contribution in [0.15, 0.2) is 40.0 Å². The van der Waals surface area contributed by atoms with Gasteiger partial charge in [0.25, 0.3) is 5.91 Å². The van der Waals surface area contributed by atoms with Crippen LogP contribution in [0, 0.1) is 0 Å². The lowest BCUT2D eigenvalue weighted by molar-refractivity contribution is 0.0940. The molecule has 1 fully saturated rings. The minimum atomic E-state index is -0.312. The maximum absolute atomic E-state index is 12.9. The molecular weight excluding hydrogens is 471 g/mol. The SMILES string of the molecule is Cn1ncn(-c2ccc(C(=O)NC3CCN(c4ncc(Cl)c5c(N)noc45)C3)c(Cl)c2)c1=O. The highest BCUT2D eigenvalue weighted by atomic mass is 35.5. The third-order valence-electron chi connectivity index (χ3n) is 5.58. The van der Waals surface area contributed by atoms with Gasteiger partial charge in [0.15, 0.2) is 11.6 Å². The van der Waals surface area contributed by atoms with E-state index in [1.807, 2.05) is 4.90 Å². The van der Waals surface area contributed by atoms with E-state index in [-0.39, 0.29) is 28.5 Å². The van der Waals surface area contributed by atoms with Crippen molar-refractivity contribution in [3.05, 3.63) is 56.8 Å². The molecule has 1 amide bonds. The van der Waals surface area contributed by atoms with Crippen molar-refractivity contribution in [3.63, 3.8) is 0 Å². The van der Waals surface area contributed by atoms with Gasteiger partial charge in [0.2, 0.25) is 5.58 Å². The highest BCUT2D eigenvalue weighted by Crippen LogP contribution is 2.35. The molecule has 3 aromatic heterocycles. The molecule has 33 heavy (non-hydrogen) atoms. The highest BCUT2D eigenvalue weighted by molar-refractivity contribution is 6.36. The summed E-state index contributed by atoms with van der Waals surface area (Å²) in [4.78, 5) is 31.3. The number of carbonyl (C=O) groups is 1. The Hall–Kier alpha value is -3.57. The van der Waals surface area contributed by atoms with Gasteiger partial charge in [-0.2, -0.15) is 5.10 Å². The Balaban J connectivity index is 1.31. The Bertz CT molecular complexity index is 1440. The van der Waals surface area contributed by atoms with Gasteiger partial charge in [0.1, 0.15) is 6.33 Å². The molecule has 1 unspecified atom stereocenters. The lowest BCUT2D eigenvalue weighted by Gasteiger charge is -2.18. The second kappa shape index (κ2) is 8.09. The molecule has 4 heterocycles. The van der Waals surface area contributed by atoms with Crippen molar-refractivity contribution in [3.8, 4) is 5.69 Å². The largest absolute Gasteiger partial charge is 0.380 e. The Morgan fingerprint density at radius 1 is 1.30 bits per heavy atom. The molecule has 0 saturated carbocycles. The second-order valence-electron chi connectivity index (χ2n) is 7.68. The number of amides is 1. The Morgan fingerprint density at radius 2 is 2.12 bits per heavy atom. The number of halogens is 2. The zero-order valence-corrected chi connectivity index (χ0v) is 18.8. The Morgan fingerprint density at radius 3 is 2.85 bits per heavy atom. The first-order valence-electron chi connectivity index (χ1n) is 9.99. The van der Waals surface area contributed by atoms with Gasteiger partial charge >= 0.3 is 5.69 Å². The summed E-state index contributed by atoms with van der Waals surface area (Å²) < 4.78 is 7.88. The molecule has 1 aliphatic rings. The van der Waals surface area contributed by atoms with Crippen LogP contribution in [0.2, 0.25) is 10.0 Å². The van der Waals surface area contributed by atoms with Gasteiger partial charge in [-0.15, -0.1) is 0 Å². The number of nitrogen functional groups attached to an aromatic ring is 1. The van der Waals surface area contributed by atoms with E-state index in [2.05, 4.69) is 20.6 Å². The predicted molar refractivity (Wildman–Crippen MR) is 123 cm³/mol. The lowest BCUT2D eigenvalue weighted by atomic mass is 10.1. The van der Waals surface area contributed by atoms with Crippen molar-refractivity contribution >= 4 is 51.7 Å². The van der Waals surface area contributed by atoms with Gasteiger partial charge in [-0.05, 0) is 24.6 Å². The summed E-state index contributed by atoms with van der Waals surface area (Å²) >= 11 is 12.5.